The minimum absolute atomic E-state index is 0.125. The Labute approximate surface area is 133 Å². The van der Waals surface area contributed by atoms with Crippen LogP contribution in [0.3, 0.4) is 0 Å². The highest BCUT2D eigenvalue weighted by Gasteiger charge is 2.11. The quantitative estimate of drug-likeness (QED) is 0.699. The molecule has 0 aliphatic carbocycles. The lowest BCUT2D eigenvalue weighted by Crippen LogP contribution is -2.00. The minimum Gasteiger partial charge on any atom is -0.508 e. The molecule has 0 radical (unpaired) electrons. The first-order chi connectivity index (χ1) is 10.6. The van der Waals surface area contributed by atoms with Crippen molar-refractivity contribution in [3.8, 4) is 16.2 Å². The van der Waals surface area contributed by atoms with Crippen molar-refractivity contribution in [2.24, 2.45) is 0 Å². The molecule has 0 aliphatic heterocycles. The third-order valence-electron chi connectivity index (χ3n) is 3.50. The van der Waals surface area contributed by atoms with Crippen molar-refractivity contribution in [1.29, 1.82) is 0 Å². The van der Waals surface area contributed by atoms with Crippen molar-refractivity contribution in [2.75, 3.05) is 0 Å². The molecule has 0 amide bonds. The lowest BCUT2D eigenvalue weighted by atomic mass is 10.1. The van der Waals surface area contributed by atoms with E-state index in [2.05, 4.69) is 0 Å². The number of phenols is 1. The molecular formula is C19H16O2S. The third kappa shape index (κ3) is 3.26. The second kappa shape index (κ2) is 6.16. The number of aromatic hydroxyl groups is 1. The van der Waals surface area contributed by atoms with Gasteiger partial charge in [0.15, 0.2) is 5.78 Å². The van der Waals surface area contributed by atoms with E-state index in [1.54, 1.807) is 18.2 Å². The molecule has 0 spiro atoms. The van der Waals surface area contributed by atoms with Gasteiger partial charge >= 0.3 is 0 Å². The molecule has 3 rings (SSSR count). The van der Waals surface area contributed by atoms with Crippen molar-refractivity contribution in [3.05, 3.63) is 76.7 Å². The average molecular weight is 308 g/mol. The fourth-order valence-electron chi connectivity index (χ4n) is 2.28. The number of benzene rings is 2. The molecule has 2 aromatic carbocycles. The Morgan fingerprint density at radius 3 is 2.55 bits per heavy atom. The summed E-state index contributed by atoms with van der Waals surface area (Å²) in [6.07, 6.45) is 0.417. The van der Waals surface area contributed by atoms with Crippen molar-refractivity contribution in [1.82, 2.24) is 0 Å². The minimum atomic E-state index is 0.125. The number of carbonyl (C=O) groups excluding carboxylic acids is 1. The summed E-state index contributed by atoms with van der Waals surface area (Å²) < 4.78 is 0. The maximum atomic E-state index is 12.4. The van der Waals surface area contributed by atoms with Crippen LogP contribution in [0.15, 0.2) is 60.7 Å². The van der Waals surface area contributed by atoms with Gasteiger partial charge < -0.3 is 5.11 Å². The van der Waals surface area contributed by atoms with Crippen LogP contribution in [-0.2, 0) is 6.42 Å². The third-order valence-corrected chi connectivity index (χ3v) is 4.67. The van der Waals surface area contributed by atoms with Gasteiger partial charge in [0.1, 0.15) is 5.75 Å². The van der Waals surface area contributed by atoms with E-state index in [1.807, 2.05) is 49.4 Å². The summed E-state index contributed by atoms with van der Waals surface area (Å²) in [6, 6.07) is 18.9. The Balaban J connectivity index is 1.78. The molecule has 1 N–H and O–H groups in total. The predicted molar refractivity (Wildman–Crippen MR) is 90.6 cm³/mol. The topological polar surface area (TPSA) is 37.3 Å². The van der Waals surface area contributed by atoms with E-state index in [0.29, 0.717) is 6.42 Å². The number of hydrogen-bond donors (Lipinski definition) is 1. The second-order valence-electron chi connectivity index (χ2n) is 5.30. The maximum Gasteiger partial charge on any atom is 0.177 e. The van der Waals surface area contributed by atoms with Crippen molar-refractivity contribution >= 4 is 17.1 Å². The number of ketones is 1. The summed E-state index contributed by atoms with van der Waals surface area (Å²) in [5.74, 6) is 0.360. The lowest BCUT2D eigenvalue weighted by Gasteiger charge is -2.00. The van der Waals surface area contributed by atoms with Crippen LogP contribution < -0.4 is 0 Å². The van der Waals surface area contributed by atoms with Crippen molar-refractivity contribution in [3.63, 3.8) is 0 Å². The van der Waals surface area contributed by atoms with E-state index in [1.165, 1.54) is 16.9 Å². The first kappa shape index (κ1) is 14.5. The Morgan fingerprint density at radius 1 is 1.05 bits per heavy atom. The summed E-state index contributed by atoms with van der Waals surface area (Å²) in [4.78, 5) is 14.1. The van der Waals surface area contributed by atoms with Gasteiger partial charge in [-0.25, -0.2) is 0 Å². The Hall–Kier alpha value is -2.39. The van der Waals surface area contributed by atoms with Gasteiger partial charge in [-0.15, -0.1) is 11.3 Å². The molecular weight excluding hydrogens is 292 g/mol. The predicted octanol–water partition coefficient (Wildman–Crippen LogP) is 4.85. The molecule has 3 aromatic rings. The van der Waals surface area contributed by atoms with E-state index >= 15 is 0 Å². The zero-order chi connectivity index (χ0) is 15.5. The monoisotopic (exact) mass is 308 g/mol. The van der Waals surface area contributed by atoms with Gasteiger partial charge in [-0.05, 0) is 42.3 Å². The first-order valence-corrected chi connectivity index (χ1v) is 7.91. The zero-order valence-electron chi connectivity index (χ0n) is 12.2. The number of rotatable bonds is 4. The fraction of sp³-hybridized carbons (Fsp3) is 0.105. The van der Waals surface area contributed by atoms with Crippen LogP contribution in [0, 0.1) is 6.92 Å². The molecule has 0 atom stereocenters. The van der Waals surface area contributed by atoms with Gasteiger partial charge in [-0.1, -0.05) is 42.0 Å². The summed E-state index contributed by atoms with van der Waals surface area (Å²) in [5.41, 5.74) is 3.15. The number of hydrogen-bond acceptors (Lipinski definition) is 3. The number of carbonyl (C=O) groups is 1. The van der Waals surface area contributed by atoms with Gasteiger partial charge in [0.25, 0.3) is 0 Å². The lowest BCUT2D eigenvalue weighted by molar-refractivity contribution is 0.0997. The van der Waals surface area contributed by atoms with Gasteiger partial charge in [0.05, 0.1) is 4.88 Å². The zero-order valence-corrected chi connectivity index (χ0v) is 13.1. The van der Waals surface area contributed by atoms with Crippen LogP contribution in [0.1, 0.15) is 20.8 Å². The molecule has 0 saturated heterocycles. The van der Waals surface area contributed by atoms with E-state index in [9.17, 15) is 9.90 Å². The highest BCUT2D eigenvalue weighted by molar-refractivity contribution is 7.17. The van der Waals surface area contributed by atoms with E-state index in [4.69, 9.17) is 0 Å². The molecule has 2 nitrogen and oxygen atoms in total. The van der Waals surface area contributed by atoms with E-state index in [-0.39, 0.29) is 11.5 Å². The molecule has 0 saturated carbocycles. The average Bonchev–Trinajstić information content (AvgIpc) is 3.00. The van der Waals surface area contributed by atoms with E-state index in [0.717, 1.165) is 20.9 Å². The summed E-state index contributed by atoms with van der Waals surface area (Å²) in [5, 5.41) is 9.55. The smallest absolute Gasteiger partial charge is 0.177 e. The molecule has 3 heteroatoms. The van der Waals surface area contributed by atoms with Gasteiger partial charge in [0, 0.05) is 11.3 Å². The fourth-order valence-corrected chi connectivity index (χ4v) is 3.22. The van der Waals surface area contributed by atoms with E-state index < -0.39 is 0 Å². The summed E-state index contributed by atoms with van der Waals surface area (Å²) >= 11 is 1.46. The Kier molecular flexibility index (Phi) is 4.07. The highest BCUT2D eigenvalue weighted by atomic mass is 32.1. The van der Waals surface area contributed by atoms with Crippen LogP contribution in [0.2, 0.25) is 0 Å². The molecule has 22 heavy (non-hydrogen) atoms. The van der Waals surface area contributed by atoms with Gasteiger partial charge in [-0.3, -0.25) is 4.79 Å². The molecule has 1 aromatic heterocycles. The Bertz CT molecular complexity index is 800. The SMILES string of the molecule is Cc1ccc(CC(=O)c2ccc(-c3cccc(O)c3)s2)cc1. The van der Waals surface area contributed by atoms with Crippen molar-refractivity contribution < 1.29 is 9.90 Å². The molecule has 1 heterocycles. The highest BCUT2D eigenvalue weighted by Crippen LogP contribution is 2.30. The van der Waals surface area contributed by atoms with Crippen LogP contribution in [0.25, 0.3) is 10.4 Å². The standard InChI is InChI=1S/C19H16O2S/c1-13-5-7-14(8-6-13)11-17(21)19-10-9-18(22-19)15-3-2-4-16(20)12-15/h2-10,12,20H,11H2,1H3. The van der Waals surface area contributed by atoms with Gasteiger partial charge in [-0.2, -0.15) is 0 Å². The molecule has 0 bridgehead atoms. The normalized spacial score (nSPS) is 10.6. The van der Waals surface area contributed by atoms with Crippen LogP contribution in [-0.4, -0.2) is 10.9 Å². The number of aryl methyl sites for hydroxylation is 1. The number of thiophene rings is 1. The Morgan fingerprint density at radius 2 is 1.82 bits per heavy atom. The van der Waals surface area contributed by atoms with Crippen LogP contribution in [0.5, 0.6) is 5.75 Å². The maximum absolute atomic E-state index is 12.4. The first-order valence-electron chi connectivity index (χ1n) is 7.10. The number of phenolic OH excluding ortho intramolecular Hbond substituents is 1. The molecule has 110 valence electrons. The number of Topliss-reactive ketones (excluding diaryl/α,β-unsaturated/α-hetero) is 1. The largest absolute Gasteiger partial charge is 0.508 e. The summed E-state index contributed by atoms with van der Waals surface area (Å²) in [7, 11) is 0. The molecule has 0 aliphatic rings. The molecule has 0 unspecified atom stereocenters. The van der Waals surface area contributed by atoms with Crippen LogP contribution in [0.4, 0.5) is 0 Å². The second-order valence-corrected chi connectivity index (χ2v) is 6.38. The van der Waals surface area contributed by atoms with Crippen LogP contribution >= 0.6 is 11.3 Å². The van der Waals surface area contributed by atoms with Crippen molar-refractivity contribution in [2.45, 2.75) is 13.3 Å². The molecule has 0 fully saturated rings. The van der Waals surface area contributed by atoms with Gasteiger partial charge in [0.2, 0.25) is 0 Å². The summed E-state index contributed by atoms with van der Waals surface area (Å²) in [6.45, 7) is 2.03.